The lowest BCUT2D eigenvalue weighted by molar-refractivity contribution is -0.160. The van der Waals surface area contributed by atoms with Crippen LogP contribution in [0.4, 0.5) is 0 Å². The van der Waals surface area contributed by atoms with E-state index in [4.69, 9.17) is 4.74 Å². The van der Waals surface area contributed by atoms with E-state index in [0.29, 0.717) is 6.42 Å². The Hall–Kier alpha value is -2.07. The number of ether oxygens (including phenoxy) is 1. The molecule has 1 aromatic carbocycles. The lowest BCUT2D eigenvalue weighted by Crippen LogP contribution is -2.33. The molecule has 3 rings (SSSR count). The van der Waals surface area contributed by atoms with Crippen LogP contribution in [0.3, 0.4) is 0 Å². The van der Waals surface area contributed by atoms with Gasteiger partial charge in [0.1, 0.15) is 6.10 Å². The van der Waals surface area contributed by atoms with Gasteiger partial charge in [-0.25, -0.2) is 0 Å². The minimum absolute atomic E-state index is 0.120. The van der Waals surface area contributed by atoms with Crippen LogP contribution in [0.15, 0.2) is 48.7 Å². The van der Waals surface area contributed by atoms with E-state index in [9.17, 15) is 9.90 Å². The van der Waals surface area contributed by atoms with Gasteiger partial charge >= 0.3 is 5.97 Å². The van der Waals surface area contributed by atoms with Gasteiger partial charge in [0.25, 0.3) is 0 Å². The fourth-order valence-corrected chi connectivity index (χ4v) is 2.80. The normalized spacial score (nSPS) is 22.0. The van der Waals surface area contributed by atoms with Crippen molar-refractivity contribution < 1.29 is 14.6 Å². The molecule has 0 radical (unpaired) electrons. The standard InChI is InChI=1S/C17H19NO3/c19-14-11-15(21-17(20)12-14)8-10-18-9-4-7-16(18)13-5-2-1-3-6-13/h1-7,9,14-15,19H,8,10-12H2. The summed E-state index contributed by atoms with van der Waals surface area (Å²) in [5.74, 6) is -0.297. The number of rotatable bonds is 4. The number of nitrogens with zero attached hydrogens (tertiary/aromatic N) is 1. The van der Waals surface area contributed by atoms with Crippen LogP contribution in [0.2, 0.25) is 0 Å². The zero-order valence-corrected chi connectivity index (χ0v) is 11.8. The van der Waals surface area contributed by atoms with Gasteiger partial charge < -0.3 is 14.4 Å². The van der Waals surface area contributed by atoms with Crippen molar-refractivity contribution in [2.45, 2.75) is 38.0 Å². The second-order valence-corrected chi connectivity index (χ2v) is 5.45. The van der Waals surface area contributed by atoms with Gasteiger partial charge in [0.2, 0.25) is 0 Å². The predicted octanol–water partition coefficient (Wildman–Crippen LogP) is 2.61. The number of hydrogen-bond acceptors (Lipinski definition) is 3. The Balaban J connectivity index is 1.67. The molecule has 1 aliphatic heterocycles. The highest BCUT2D eigenvalue weighted by atomic mass is 16.5. The zero-order chi connectivity index (χ0) is 14.7. The van der Waals surface area contributed by atoms with Crippen LogP contribution in [0, 0.1) is 0 Å². The molecular formula is C17H19NO3. The largest absolute Gasteiger partial charge is 0.462 e. The van der Waals surface area contributed by atoms with Gasteiger partial charge in [-0.1, -0.05) is 30.3 Å². The van der Waals surface area contributed by atoms with E-state index in [0.717, 1.165) is 18.7 Å². The molecule has 0 amide bonds. The summed E-state index contributed by atoms with van der Waals surface area (Å²) in [6, 6.07) is 14.3. The second kappa shape index (κ2) is 6.14. The van der Waals surface area contributed by atoms with Gasteiger partial charge in [0, 0.05) is 31.3 Å². The van der Waals surface area contributed by atoms with Crippen LogP contribution >= 0.6 is 0 Å². The molecule has 1 saturated heterocycles. The summed E-state index contributed by atoms with van der Waals surface area (Å²) in [6.07, 6.45) is 2.66. The average Bonchev–Trinajstić information content (AvgIpc) is 2.93. The molecule has 2 heterocycles. The first-order chi connectivity index (χ1) is 10.2. The van der Waals surface area contributed by atoms with Crippen molar-refractivity contribution in [3.05, 3.63) is 48.7 Å². The minimum Gasteiger partial charge on any atom is -0.462 e. The lowest BCUT2D eigenvalue weighted by atomic mass is 10.0. The van der Waals surface area contributed by atoms with Crippen LogP contribution in [-0.2, 0) is 16.1 Å². The molecule has 4 heteroatoms. The quantitative estimate of drug-likeness (QED) is 0.879. The van der Waals surface area contributed by atoms with Crippen LogP contribution in [-0.4, -0.2) is 27.9 Å². The van der Waals surface area contributed by atoms with Gasteiger partial charge in [-0.15, -0.1) is 0 Å². The van der Waals surface area contributed by atoms with Crippen molar-refractivity contribution in [3.8, 4) is 11.3 Å². The van der Waals surface area contributed by atoms with E-state index in [1.54, 1.807) is 0 Å². The average molecular weight is 285 g/mol. The van der Waals surface area contributed by atoms with Gasteiger partial charge in [-0.2, -0.15) is 0 Å². The molecule has 0 spiro atoms. The summed E-state index contributed by atoms with van der Waals surface area (Å²) in [5.41, 5.74) is 2.32. The molecule has 1 fully saturated rings. The van der Waals surface area contributed by atoms with Crippen LogP contribution in [0.25, 0.3) is 11.3 Å². The third-order valence-electron chi connectivity index (χ3n) is 3.83. The van der Waals surface area contributed by atoms with E-state index >= 15 is 0 Å². The Bertz CT molecular complexity index is 606. The lowest BCUT2D eigenvalue weighted by Gasteiger charge is -2.26. The highest BCUT2D eigenvalue weighted by molar-refractivity contribution is 5.70. The number of aryl methyl sites for hydroxylation is 1. The van der Waals surface area contributed by atoms with E-state index in [1.807, 2.05) is 30.5 Å². The minimum atomic E-state index is -0.561. The summed E-state index contributed by atoms with van der Waals surface area (Å²) in [5, 5.41) is 9.63. The molecule has 110 valence electrons. The van der Waals surface area contributed by atoms with Gasteiger partial charge in [-0.3, -0.25) is 4.79 Å². The Morgan fingerprint density at radius 3 is 2.76 bits per heavy atom. The Morgan fingerprint density at radius 2 is 2.00 bits per heavy atom. The van der Waals surface area contributed by atoms with Gasteiger partial charge in [-0.05, 0) is 17.7 Å². The molecule has 0 bridgehead atoms. The maximum absolute atomic E-state index is 11.3. The van der Waals surface area contributed by atoms with E-state index in [1.165, 1.54) is 5.56 Å². The highest BCUT2D eigenvalue weighted by Gasteiger charge is 2.26. The number of aliphatic hydroxyl groups is 1. The molecule has 1 aromatic heterocycles. The van der Waals surface area contributed by atoms with Crippen molar-refractivity contribution in [3.63, 3.8) is 0 Å². The van der Waals surface area contributed by atoms with Crippen LogP contribution in [0.1, 0.15) is 19.3 Å². The smallest absolute Gasteiger partial charge is 0.308 e. The monoisotopic (exact) mass is 285 g/mol. The van der Waals surface area contributed by atoms with Crippen molar-refractivity contribution in [1.82, 2.24) is 4.57 Å². The Labute approximate surface area is 124 Å². The fourth-order valence-electron chi connectivity index (χ4n) is 2.80. The molecule has 2 aromatic rings. The highest BCUT2D eigenvalue weighted by Crippen LogP contribution is 2.22. The van der Waals surface area contributed by atoms with E-state index in [-0.39, 0.29) is 18.5 Å². The van der Waals surface area contributed by atoms with Crippen LogP contribution in [0.5, 0.6) is 0 Å². The summed E-state index contributed by atoms with van der Waals surface area (Å²) in [6.45, 7) is 0.766. The Kier molecular flexibility index (Phi) is 4.06. The number of benzene rings is 1. The van der Waals surface area contributed by atoms with Crippen molar-refractivity contribution in [2.24, 2.45) is 0 Å². The zero-order valence-electron chi connectivity index (χ0n) is 11.8. The summed E-state index contributed by atoms with van der Waals surface area (Å²) in [4.78, 5) is 11.3. The topological polar surface area (TPSA) is 51.5 Å². The molecule has 21 heavy (non-hydrogen) atoms. The number of cyclic esters (lactones) is 1. The second-order valence-electron chi connectivity index (χ2n) is 5.45. The third-order valence-corrected chi connectivity index (χ3v) is 3.83. The first kappa shape index (κ1) is 13.9. The Morgan fingerprint density at radius 1 is 1.19 bits per heavy atom. The summed E-state index contributed by atoms with van der Waals surface area (Å²) in [7, 11) is 0. The van der Waals surface area contributed by atoms with Crippen LogP contribution < -0.4 is 0 Å². The number of aliphatic hydroxyl groups excluding tert-OH is 1. The number of hydrogen-bond donors (Lipinski definition) is 1. The van der Waals surface area contributed by atoms with E-state index < -0.39 is 6.10 Å². The molecule has 0 saturated carbocycles. The summed E-state index contributed by atoms with van der Waals surface area (Å²) < 4.78 is 7.45. The molecule has 4 nitrogen and oxygen atoms in total. The summed E-state index contributed by atoms with van der Waals surface area (Å²) >= 11 is 0. The van der Waals surface area contributed by atoms with Crippen molar-refractivity contribution in [2.75, 3.05) is 0 Å². The number of carbonyl (C=O) groups is 1. The number of carbonyl (C=O) groups excluding carboxylic acids is 1. The number of aromatic nitrogens is 1. The first-order valence-corrected chi connectivity index (χ1v) is 7.30. The fraction of sp³-hybridized carbons (Fsp3) is 0.353. The molecule has 1 aliphatic rings. The molecule has 0 aliphatic carbocycles. The van der Waals surface area contributed by atoms with Crippen molar-refractivity contribution in [1.29, 1.82) is 0 Å². The number of esters is 1. The SMILES string of the molecule is O=C1CC(O)CC(CCn2cccc2-c2ccccc2)O1. The van der Waals surface area contributed by atoms with E-state index in [2.05, 4.69) is 22.8 Å². The van der Waals surface area contributed by atoms with Gasteiger partial charge in [0.15, 0.2) is 0 Å². The van der Waals surface area contributed by atoms with Crippen molar-refractivity contribution >= 4 is 5.97 Å². The molecular weight excluding hydrogens is 266 g/mol. The maximum Gasteiger partial charge on any atom is 0.308 e. The molecule has 2 atom stereocenters. The predicted molar refractivity (Wildman–Crippen MR) is 79.6 cm³/mol. The first-order valence-electron chi connectivity index (χ1n) is 7.30. The van der Waals surface area contributed by atoms with Gasteiger partial charge in [0.05, 0.1) is 12.5 Å². The molecule has 2 unspecified atom stereocenters. The molecule has 1 N–H and O–H groups in total. The third kappa shape index (κ3) is 3.34. The maximum atomic E-state index is 11.3.